The summed E-state index contributed by atoms with van der Waals surface area (Å²) in [7, 11) is 2.02. The van der Waals surface area contributed by atoms with Crippen LogP contribution in [0.2, 0.25) is 0 Å². The van der Waals surface area contributed by atoms with Crippen molar-refractivity contribution in [1.29, 1.82) is 0 Å². The number of nitrogens with one attached hydrogen (secondary N) is 1. The van der Waals surface area contributed by atoms with Crippen LogP contribution in [0.5, 0.6) is 0 Å². The minimum absolute atomic E-state index is 0.149. The highest BCUT2D eigenvalue weighted by molar-refractivity contribution is 5.17. The molecular formula is C14H20FN. The monoisotopic (exact) mass is 221 g/mol. The van der Waals surface area contributed by atoms with E-state index in [-0.39, 0.29) is 5.82 Å². The van der Waals surface area contributed by atoms with Crippen LogP contribution >= 0.6 is 0 Å². The molecule has 1 atom stereocenters. The standard InChI is InChI=1S/C14H20FN/c1-16-14(9-11-3-2-4-11)10-12-5-7-13(15)8-6-12/h5-8,11,14,16H,2-4,9-10H2,1H3. The van der Waals surface area contributed by atoms with Gasteiger partial charge in [-0.1, -0.05) is 31.4 Å². The fourth-order valence-corrected chi connectivity index (χ4v) is 2.34. The SMILES string of the molecule is CNC(Cc1ccc(F)cc1)CC1CCC1. The van der Waals surface area contributed by atoms with Crippen LogP contribution < -0.4 is 5.32 Å². The molecule has 0 heterocycles. The van der Waals surface area contributed by atoms with Crippen molar-refractivity contribution >= 4 is 0 Å². The fourth-order valence-electron chi connectivity index (χ4n) is 2.34. The summed E-state index contributed by atoms with van der Waals surface area (Å²) in [5.74, 6) is 0.765. The van der Waals surface area contributed by atoms with Gasteiger partial charge in [0.1, 0.15) is 5.82 Å². The van der Waals surface area contributed by atoms with E-state index in [9.17, 15) is 4.39 Å². The van der Waals surface area contributed by atoms with Gasteiger partial charge in [0.2, 0.25) is 0 Å². The van der Waals surface area contributed by atoms with Crippen LogP contribution in [0.25, 0.3) is 0 Å². The topological polar surface area (TPSA) is 12.0 Å². The van der Waals surface area contributed by atoms with E-state index >= 15 is 0 Å². The lowest BCUT2D eigenvalue weighted by Crippen LogP contribution is -2.31. The Morgan fingerprint density at radius 1 is 1.31 bits per heavy atom. The van der Waals surface area contributed by atoms with Crippen LogP contribution in [0.1, 0.15) is 31.2 Å². The minimum atomic E-state index is -0.149. The van der Waals surface area contributed by atoms with Gasteiger partial charge in [0.25, 0.3) is 0 Å². The minimum Gasteiger partial charge on any atom is -0.317 e. The lowest BCUT2D eigenvalue weighted by molar-refractivity contribution is 0.263. The first-order valence-electron chi connectivity index (χ1n) is 6.19. The van der Waals surface area contributed by atoms with Crippen molar-refractivity contribution in [3.63, 3.8) is 0 Å². The van der Waals surface area contributed by atoms with E-state index in [1.165, 1.54) is 31.2 Å². The second-order valence-electron chi connectivity index (χ2n) is 4.85. The van der Waals surface area contributed by atoms with Crippen LogP contribution in [0.4, 0.5) is 4.39 Å². The number of rotatable bonds is 5. The van der Waals surface area contributed by atoms with Crippen LogP contribution in [0.3, 0.4) is 0 Å². The highest BCUT2D eigenvalue weighted by Gasteiger charge is 2.21. The maximum Gasteiger partial charge on any atom is 0.123 e. The second-order valence-corrected chi connectivity index (χ2v) is 4.85. The average Bonchev–Trinajstić information content (AvgIpc) is 2.24. The summed E-state index contributed by atoms with van der Waals surface area (Å²) in [6, 6.07) is 7.41. The van der Waals surface area contributed by atoms with Gasteiger partial charge >= 0.3 is 0 Å². The molecule has 88 valence electrons. The van der Waals surface area contributed by atoms with E-state index in [4.69, 9.17) is 0 Å². The van der Waals surface area contributed by atoms with E-state index in [0.717, 1.165) is 12.3 Å². The van der Waals surface area contributed by atoms with Crippen LogP contribution in [-0.2, 0) is 6.42 Å². The van der Waals surface area contributed by atoms with Crippen LogP contribution in [0.15, 0.2) is 24.3 Å². The molecule has 1 aromatic rings. The Labute approximate surface area is 97.1 Å². The van der Waals surface area contributed by atoms with Gasteiger partial charge in [-0.05, 0) is 43.5 Å². The van der Waals surface area contributed by atoms with E-state index in [0.29, 0.717) is 6.04 Å². The normalized spacial score (nSPS) is 18.1. The average molecular weight is 221 g/mol. The Kier molecular flexibility index (Phi) is 3.94. The molecule has 0 aliphatic heterocycles. The first-order chi connectivity index (χ1) is 7.78. The first kappa shape index (κ1) is 11.6. The van der Waals surface area contributed by atoms with Gasteiger partial charge in [-0.2, -0.15) is 0 Å². The molecule has 1 N–H and O–H groups in total. The highest BCUT2D eigenvalue weighted by atomic mass is 19.1. The molecule has 2 rings (SSSR count). The summed E-state index contributed by atoms with van der Waals surface area (Å²) in [5, 5.41) is 3.37. The summed E-state index contributed by atoms with van der Waals surface area (Å²) in [6.07, 6.45) is 6.45. The summed E-state index contributed by atoms with van der Waals surface area (Å²) >= 11 is 0. The molecule has 16 heavy (non-hydrogen) atoms. The number of likely N-dealkylation sites (N-methyl/N-ethyl adjacent to an activating group) is 1. The molecule has 1 unspecified atom stereocenters. The number of halogens is 1. The van der Waals surface area contributed by atoms with Gasteiger partial charge in [-0.3, -0.25) is 0 Å². The number of hydrogen-bond acceptors (Lipinski definition) is 1. The Hall–Kier alpha value is -0.890. The van der Waals surface area contributed by atoms with Crippen molar-refractivity contribution < 1.29 is 4.39 Å². The van der Waals surface area contributed by atoms with Crippen LogP contribution in [0, 0.1) is 11.7 Å². The molecule has 1 nitrogen and oxygen atoms in total. The maximum absolute atomic E-state index is 12.8. The van der Waals surface area contributed by atoms with Gasteiger partial charge in [-0.25, -0.2) is 4.39 Å². The largest absolute Gasteiger partial charge is 0.317 e. The smallest absolute Gasteiger partial charge is 0.123 e. The lowest BCUT2D eigenvalue weighted by Gasteiger charge is -2.29. The van der Waals surface area contributed by atoms with E-state index in [1.807, 2.05) is 19.2 Å². The maximum atomic E-state index is 12.8. The molecule has 0 amide bonds. The number of benzene rings is 1. The van der Waals surface area contributed by atoms with Gasteiger partial charge in [0.05, 0.1) is 0 Å². The van der Waals surface area contributed by atoms with Gasteiger partial charge in [0, 0.05) is 6.04 Å². The predicted octanol–water partition coefficient (Wildman–Crippen LogP) is 3.15. The van der Waals surface area contributed by atoms with Crippen molar-refractivity contribution in [3.05, 3.63) is 35.6 Å². The third kappa shape index (κ3) is 3.05. The Balaban J connectivity index is 1.87. The highest BCUT2D eigenvalue weighted by Crippen LogP contribution is 2.31. The zero-order valence-electron chi connectivity index (χ0n) is 9.88. The Morgan fingerprint density at radius 2 is 2.00 bits per heavy atom. The van der Waals surface area contributed by atoms with E-state index in [1.54, 1.807) is 12.1 Å². The predicted molar refractivity (Wildman–Crippen MR) is 64.9 cm³/mol. The zero-order chi connectivity index (χ0) is 11.4. The molecule has 0 radical (unpaired) electrons. The molecule has 2 heteroatoms. The summed E-state index contributed by atoms with van der Waals surface area (Å²) in [4.78, 5) is 0. The van der Waals surface area contributed by atoms with E-state index in [2.05, 4.69) is 5.32 Å². The quantitative estimate of drug-likeness (QED) is 0.805. The van der Waals surface area contributed by atoms with Crippen molar-refractivity contribution in [2.75, 3.05) is 7.05 Å². The molecule has 1 aliphatic rings. The Bertz CT molecular complexity index is 316. The molecule has 1 aliphatic carbocycles. The molecule has 0 aromatic heterocycles. The molecule has 1 fully saturated rings. The summed E-state index contributed by atoms with van der Waals surface area (Å²) in [6.45, 7) is 0. The summed E-state index contributed by atoms with van der Waals surface area (Å²) in [5.41, 5.74) is 1.22. The van der Waals surface area contributed by atoms with Crippen molar-refractivity contribution in [2.45, 2.75) is 38.1 Å². The van der Waals surface area contributed by atoms with Gasteiger partial charge in [0.15, 0.2) is 0 Å². The molecular weight excluding hydrogens is 201 g/mol. The summed E-state index contributed by atoms with van der Waals surface area (Å²) < 4.78 is 12.8. The second kappa shape index (κ2) is 5.44. The van der Waals surface area contributed by atoms with Crippen molar-refractivity contribution in [3.8, 4) is 0 Å². The van der Waals surface area contributed by atoms with Crippen molar-refractivity contribution in [1.82, 2.24) is 5.32 Å². The lowest BCUT2D eigenvalue weighted by atomic mass is 9.80. The fraction of sp³-hybridized carbons (Fsp3) is 0.571. The first-order valence-corrected chi connectivity index (χ1v) is 6.19. The van der Waals surface area contributed by atoms with Crippen LogP contribution in [-0.4, -0.2) is 13.1 Å². The molecule has 0 bridgehead atoms. The third-order valence-corrected chi connectivity index (χ3v) is 3.65. The number of hydrogen-bond donors (Lipinski definition) is 1. The van der Waals surface area contributed by atoms with Crippen molar-refractivity contribution in [2.24, 2.45) is 5.92 Å². The molecule has 0 spiro atoms. The van der Waals surface area contributed by atoms with E-state index < -0.39 is 0 Å². The zero-order valence-corrected chi connectivity index (χ0v) is 9.88. The van der Waals surface area contributed by atoms with Gasteiger partial charge < -0.3 is 5.32 Å². The Morgan fingerprint density at radius 3 is 2.50 bits per heavy atom. The third-order valence-electron chi connectivity index (χ3n) is 3.65. The molecule has 0 saturated heterocycles. The van der Waals surface area contributed by atoms with Gasteiger partial charge in [-0.15, -0.1) is 0 Å². The molecule has 1 saturated carbocycles. The molecule has 1 aromatic carbocycles.